The quantitative estimate of drug-likeness (QED) is 0.480. The Hall–Kier alpha value is -2.03. The van der Waals surface area contributed by atoms with E-state index in [1.165, 1.54) is 6.26 Å². The summed E-state index contributed by atoms with van der Waals surface area (Å²) in [5, 5.41) is 0. The van der Waals surface area contributed by atoms with Crippen LogP contribution in [-0.2, 0) is 9.53 Å². The molecule has 84 valence electrons. The molecule has 1 rings (SSSR count). The fraction of sp³-hybridized carbons (Fsp3) is 0.154. The van der Waals surface area contributed by atoms with Gasteiger partial charge < -0.3 is 10.5 Å². The minimum absolute atomic E-state index is 0.424. The van der Waals surface area contributed by atoms with Gasteiger partial charge >= 0.3 is 5.97 Å². The first kappa shape index (κ1) is 12.0. The van der Waals surface area contributed by atoms with Gasteiger partial charge in [-0.3, -0.25) is 0 Å². The maximum Gasteiger partial charge on any atom is 0.340 e. The Balaban J connectivity index is 2.56. The highest BCUT2D eigenvalue weighted by molar-refractivity contribution is 5.89. The lowest BCUT2D eigenvalue weighted by atomic mass is 10.2. The second-order valence-electron chi connectivity index (χ2n) is 3.43. The van der Waals surface area contributed by atoms with Gasteiger partial charge in [-0.25, -0.2) is 4.79 Å². The van der Waals surface area contributed by atoms with Gasteiger partial charge in [0.15, 0.2) is 0 Å². The fourth-order valence-corrected chi connectivity index (χ4v) is 0.988. The van der Waals surface area contributed by atoms with E-state index in [1.807, 2.05) is 30.3 Å². The normalized spacial score (nSPS) is 12.4. The number of allylic oxidation sites excluding steroid dienone is 1. The van der Waals surface area contributed by atoms with Crippen LogP contribution >= 0.6 is 0 Å². The minimum atomic E-state index is -0.424. The van der Waals surface area contributed by atoms with E-state index < -0.39 is 5.97 Å². The molecule has 1 aromatic carbocycles. The molecule has 16 heavy (non-hydrogen) atoms. The summed E-state index contributed by atoms with van der Waals surface area (Å²) in [4.78, 5) is 11.4. The van der Waals surface area contributed by atoms with E-state index in [1.54, 1.807) is 19.9 Å². The van der Waals surface area contributed by atoms with Crippen LogP contribution in [0.1, 0.15) is 19.4 Å². The molecule has 0 aliphatic heterocycles. The third-order valence-corrected chi connectivity index (χ3v) is 2.13. The monoisotopic (exact) mass is 217 g/mol. The van der Waals surface area contributed by atoms with Gasteiger partial charge in [0, 0.05) is 5.70 Å². The summed E-state index contributed by atoms with van der Waals surface area (Å²) in [5.74, 6) is -0.424. The summed E-state index contributed by atoms with van der Waals surface area (Å²) in [6.07, 6.45) is 3.08. The first-order valence-electron chi connectivity index (χ1n) is 4.97. The van der Waals surface area contributed by atoms with Gasteiger partial charge in [0.1, 0.15) is 0 Å². The second kappa shape index (κ2) is 5.75. The molecule has 1 aromatic rings. The molecule has 0 unspecified atom stereocenters. The fourth-order valence-electron chi connectivity index (χ4n) is 0.988. The Morgan fingerprint density at radius 2 is 1.88 bits per heavy atom. The van der Waals surface area contributed by atoms with E-state index in [-0.39, 0.29) is 0 Å². The molecular weight excluding hydrogens is 202 g/mol. The number of carbonyl (C=O) groups is 1. The van der Waals surface area contributed by atoms with Crippen molar-refractivity contribution in [3.63, 3.8) is 0 Å². The average Bonchev–Trinajstić information content (AvgIpc) is 2.29. The smallest absolute Gasteiger partial charge is 0.340 e. The van der Waals surface area contributed by atoms with Crippen LogP contribution in [0.15, 0.2) is 47.9 Å². The lowest BCUT2D eigenvalue weighted by Gasteiger charge is -2.00. The van der Waals surface area contributed by atoms with E-state index in [0.29, 0.717) is 11.3 Å². The Labute approximate surface area is 95.2 Å². The highest BCUT2D eigenvalue weighted by Crippen LogP contribution is 2.04. The van der Waals surface area contributed by atoms with Crippen molar-refractivity contribution < 1.29 is 9.53 Å². The highest BCUT2D eigenvalue weighted by atomic mass is 16.5. The maximum atomic E-state index is 11.4. The summed E-state index contributed by atoms with van der Waals surface area (Å²) in [7, 11) is 0. The lowest BCUT2D eigenvalue weighted by molar-refractivity contribution is -0.133. The van der Waals surface area contributed by atoms with Gasteiger partial charge in [-0.2, -0.15) is 0 Å². The second-order valence-corrected chi connectivity index (χ2v) is 3.43. The molecule has 0 bridgehead atoms. The molecule has 3 nitrogen and oxygen atoms in total. The molecule has 0 radical (unpaired) electrons. The highest BCUT2D eigenvalue weighted by Gasteiger charge is 2.05. The van der Waals surface area contributed by atoms with Crippen LogP contribution in [0.25, 0.3) is 6.08 Å². The molecule has 0 fully saturated rings. The molecule has 0 spiro atoms. The summed E-state index contributed by atoms with van der Waals surface area (Å²) < 4.78 is 4.91. The van der Waals surface area contributed by atoms with E-state index in [4.69, 9.17) is 10.5 Å². The van der Waals surface area contributed by atoms with Crippen LogP contribution in [0.4, 0.5) is 0 Å². The first-order valence-corrected chi connectivity index (χ1v) is 4.97. The number of benzene rings is 1. The van der Waals surface area contributed by atoms with Crippen LogP contribution in [-0.4, -0.2) is 5.97 Å². The van der Waals surface area contributed by atoms with Crippen molar-refractivity contribution in [3.05, 3.63) is 53.4 Å². The number of esters is 1. The van der Waals surface area contributed by atoms with Crippen LogP contribution in [0.2, 0.25) is 0 Å². The molecule has 2 N–H and O–H groups in total. The van der Waals surface area contributed by atoms with Crippen molar-refractivity contribution >= 4 is 12.0 Å². The van der Waals surface area contributed by atoms with Crippen molar-refractivity contribution in [2.75, 3.05) is 0 Å². The summed E-state index contributed by atoms with van der Waals surface area (Å²) in [5.41, 5.74) is 7.35. The van der Waals surface area contributed by atoms with E-state index in [2.05, 4.69) is 0 Å². The average molecular weight is 217 g/mol. The SMILES string of the molecule is CC(N)=C(C)C(=O)OC=Cc1ccccc1. The first-order chi connectivity index (χ1) is 7.61. The number of nitrogens with two attached hydrogens (primary N) is 1. The molecule has 3 heteroatoms. The predicted molar refractivity (Wildman–Crippen MR) is 64.1 cm³/mol. The predicted octanol–water partition coefficient (Wildman–Crippen LogP) is 2.45. The minimum Gasteiger partial charge on any atom is -0.431 e. The van der Waals surface area contributed by atoms with Gasteiger partial charge in [0.2, 0.25) is 0 Å². The van der Waals surface area contributed by atoms with E-state index in [0.717, 1.165) is 5.56 Å². The standard InChI is InChI=1S/C13H15NO2/c1-10(11(2)14)13(15)16-9-8-12-6-4-3-5-7-12/h3-9H,14H2,1-2H3. The zero-order valence-electron chi connectivity index (χ0n) is 9.44. The maximum absolute atomic E-state index is 11.4. The molecule has 0 saturated heterocycles. The summed E-state index contributed by atoms with van der Waals surface area (Å²) in [6, 6.07) is 9.59. The van der Waals surface area contributed by atoms with Crippen molar-refractivity contribution in [1.82, 2.24) is 0 Å². The molecule has 0 heterocycles. The van der Waals surface area contributed by atoms with Crippen LogP contribution < -0.4 is 5.73 Å². The zero-order chi connectivity index (χ0) is 12.0. The lowest BCUT2D eigenvalue weighted by Crippen LogP contribution is -2.07. The van der Waals surface area contributed by atoms with Gasteiger partial charge in [0.05, 0.1) is 11.8 Å². The van der Waals surface area contributed by atoms with E-state index >= 15 is 0 Å². The van der Waals surface area contributed by atoms with E-state index in [9.17, 15) is 4.79 Å². The van der Waals surface area contributed by atoms with Gasteiger partial charge in [-0.05, 0) is 25.5 Å². The summed E-state index contributed by atoms with van der Waals surface area (Å²) in [6.45, 7) is 3.30. The van der Waals surface area contributed by atoms with Crippen molar-refractivity contribution in [1.29, 1.82) is 0 Å². The van der Waals surface area contributed by atoms with Crippen molar-refractivity contribution in [2.24, 2.45) is 5.73 Å². The van der Waals surface area contributed by atoms with Gasteiger partial charge in [0.25, 0.3) is 0 Å². The number of ether oxygens (including phenoxy) is 1. The third-order valence-electron chi connectivity index (χ3n) is 2.13. The molecule has 0 saturated carbocycles. The van der Waals surface area contributed by atoms with Crippen LogP contribution in [0, 0.1) is 0 Å². The van der Waals surface area contributed by atoms with Crippen LogP contribution in [0.3, 0.4) is 0 Å². The third kappa shape index (κ3) is 3.61. The Morgan fingerprint density at radius 1 is 1.25 bits per heavy atom. The number of carbonyl (C=O) groups excluding carboxylic acids is 1. The van der Waals surface area contributed by atoms with Crippen molar-refractivity contribution in [3.8, 4) is 0 Å². The number of hydrogen-bond acceptors (Lipinski definition) is 3. The molecule has 0 aliphatic rings. The largest absolute Gasteiger partial charge is 0.431 e. The Morgan fingerprint density at radius 3 is 2.44 bits per heavy atom. The topological polar surface area (TPSA) is 52.3 Å². The molecule has 0 atom stereocenters. The number of rotatable bonds is 3. The van der Waals surface area contributed by atoms with Crippen LogP contribution in [0.5, 0.6) is 0 Å². The van der Waals surface area contributed by atoms with Crippen molar-refractivity contribution in [2.45, 2.75) is 13.8 Å². The Kier molecular flexibility index (Phi) is 4.33. The summed E-state index contributed by atoms with van der Waals surface area (Å²) >= 11 is 0. The molecule has 0 aromatic heterocycles. The Bertz CT molecular complexity index is 415. The van der Waals surface area contributed by atoms with Gasteiger partial charge in [-0.15, -0.1) is 0 Å². The molecule has 0 amide bonds. The van der Waals surface area contributed by atoms with Gasteiger partial charge in [-0.1, -0.05) is 30.3 Å². The number of hydrogen-bond donors (Lipinski definition) is 1. The molecular formula is C13H15NO2. The zero-order valence-corrected chi connectivity index (χ0v) is 9.44. The molecule has 0 aliphatic carbocycles.